The minimum atomic E-state index is -4.37. The summed E-state index contributed by atoms with van der Waals surface area (Å²) in [5, 5.41) is 7.10. The molecule has 4 rings (SSSR count). The molecule has 0 saturated carbocycles. The van der Waals surface area contributed by atoms with Crippen LogP contribution in [0.15, 0.2) is 48.8 Å². The zero-order chi connectivity index (χ0) is 21.3. The fourth-order valence-corrected chi connectivity index (χ4v) is 4.04. The fraction of sp³-hybridized carbons (Fsp3) is 0.364. The Balaban J connectivity index is 0.00000272. The van der Waals surface area contributed by atoms with Crippen molar-refractivity contribution in [3.8, 4) is 11.1 Å². The lowest BCUT2D eigenvalue weighted by atomic mass is 10.0. The number of nitrogens with zero attached hydrogens (tertiary/aromatic N) is 4. The Kier molecular flexibility index (Phi) is 6.91. The average Bonchev–Trinajstić information content (AvgIpc) is 3.19. The van der Waals surface area contributed by atoms with Crippen LogP contribution in [0.3, 0.4) is 0 Å². The molecule has 1 aliphatic heterocycles. The van der Waals surface area contributed by atoms with Gasteiger partial charge in [0.15, 0.2) is 0 Å². The number of hydrogen-bond acceptors (Lipinski definition) is 4. The summed E-state index contributed by atoms with van der Waals surface area (Å²) in [6, 6.07) is 9.29. The van der Waals surface area contributed by atoms with Crippen molar-refractivity contribution in [2.75, 3.05) is 31.1 Å². The summed E-state index contributed by atoms with van der Waals surface area (Å²) in [5.41, 5.74) is 2.85. The van der Waals surface area contributed by atoms with Crippen molar-refractivity contribution in [3.05, 3.63) is 65.6 Å². The molecule has 3 aromatic rings. The molecule has 1 aliphatic rings. The van der Waals surface area contributed by atoms with Crippen LogP contribution in [0.2, 0.25) is 0 Å². The molecule has 9 heteroatoms. The molecule has 0 amide bonds. The van der Waals surface area contributed by atoms with Crippen molar-refractivity contribution in [2.45, 2.75) is 26.1 Å². The summed E-state index contributed by atoms with van der Waals surface area (Å²) in [7, 11) is 0. The number of H-pyrrole nitrogens is 1. The van der Waals surface area contributed by atoms with Crippen LogP contribution in [0, 0.1) is 6.92 Å². The second-order valence-electron chi connectivity index (χ2n) is 7.60. The van der Waals surface area contributed by atoms with Gasteiger partial charge in [-0.25, -0.2) is 4.98 Å². The molecule has 1 unspecified atom stereocenters. The highest BCUT2D eigenvalue weighted by atomic mass is 35.5. The second-order valence-corrected chi connectivity index (χ2v) is 7.60. The molecule has 1 atom stereocenters. The van der Waals surface area contributed by atoms with Crippen molar-refractivity contribution >= 4 is 18.2 Å². The Morgan fingerprint density at radius 1 is 1.06 bits per heavy atom. The lowest BCUT2D eigenvalue weighted by Gasteiger charge is -2.39. The third-order valence-electron chi connectivity index (χ3n) is 5.77. The topological polar surface area (TPSA) is 48.1 Å². The van der Waals surface area contributed by atoms with Crippen LogP contribution in [-0.2, 0) is 6.18 Å². The third kappa shape index (κ3) is 4.85. The largest absolute Gasteiger partial charge is 0.416 e. The summed E-state index contributed by atoms with van der Waals surface area (Å²) in [5.74, 6) is 0.726. The Bertz CT molecular complexity index is 1010. The molecule has 31 heavy (non-hydrogen) atoms. The van der Waals surface area contributed by atoms with E-state index in [1.165, 1.54) is 17.7 Å². The van der Waals surface area contributed by atoms with Gasteiger partial charge in [0, 0.05) is 55.2 Å². The Labute approximate surface area is 185 Å². The number of aromatic nitrogens is 3. The Morgan fingerprint density at radius 2 is 1.81 bits per heavy atom. The highest BCUT2D eigenvalue weighted by molar-refractivity contribution is 5.85. The summed E-state index contributed by atoms with van der Waals surface area (Å²) >= 11 is 0. The molecule has 0 bridgehead atoms. The van der Waals surface area contributed by atoms with E-state index in [2.05, 4.69) is 31.9 Å². The number of halogens is 4. The van der Waals surface area contributed by atoms with E-state index in [0.717, 1.165) is 49.3 Å². The van der Waals surface area contributed by atoms with Crippen LogP contribution in [0.4, 0.5) is 19.0 Å². The van der Waals surface area contributed by atoms with Gasteiger partial charge < -0.3 is 4.90 Å². The van der Waals surface area contributed by atoms with Crippen LogP contribution in [-0.4, -0.2) is 46.3 Å². The van der Waals surface area contributed by atoms with Gasteiger partial charge in [-0.05, 0) is 43.7 Å². The molecular weight excluding hydrogens is 427 g/mol. The number of nitrogens with one attached hydrogen (secondary N) is 1. The number of anilines is 1. The lowest BCUT2D eigenvalue weighted by molar-refractivity contribution is -0.137. The third-order valence-corrected chi connectivity index (χ3v) is 5.77. The zero-order valence-electron chi connectivity index (χ0n) is 17.4. The quantitative estimate of drug-likeness (QED) is 0.599. The van der Waals surface area contributed by atoms with E-state index in [4.69, 9.17) is 0 Å². The van der Waals surface area contributed by atoms with Gasteiger partial charge in [0.1, 0.15) is 5.82 Å². The van der Waals surface area contributed by atoms with Crippen molar-refractivity contribution < 1.29 is 13.2 Å². The van der Waals surface area contributed by atoms with E-state index in [9.17, 15) is 13.2 Å². The number of hydrogen-bond donors (Lipinski definition) is 1. The summed E-state index contributed by atoms with van der Waals surface area (Å²) in [6.45, 7) is 7.37. The first-order valence-electron chi connectivity index (χ1n) is 9.96. The van der Waals surface area contributed by atoms with Crippen LogP contribution < -0.4 is 4.90 Å². The van der Waals surface area contributed by atoms with E-state index in [1.807, 2.05) is 19.2 Å². The molecule has 5 nitrogen and oxygen atoms in total. The van der Waals surface area contributed by atoms with Gasteiger partial charge in [-0.15, -0.1) is 12.4 Å². The molecule has 0 radical (unpaired) electrons. The molecule has 2 aromatic heterocycles. The van der Waals surface area contributed by atoms with E-state index in [0.29, 0.717) is 5.56 Å². The van der Waals surface area contributed by atoms with Crippen molar-refractivity contribution in [1.82, 2.24) is 20.1 Å². The maximum atomic E-state index is 13.2. The second kappa shape index (κ2) is 9.28. The maximum absolute atomic E-state index is 13.2. The first-order valence-corrected chi connectivity index (χ1v) is 9.96. The molecule has 1 saturated heterocycles. The number of benzene rings is 1. The van der Waals surface area contributed by atoms with Crippen molar-refractivity contribution in [3.63, 3.8) is 0 Å². The van der Waals surface area contributed by atoms with Gasteiger partial charge in [0.25, 0.3) is 0 Å². The summed E-state index contributed by atoms with van der Waals surface area (Å²) in [4.78, 5) is 9.06. The molecule has 1 fully saturated rings. The first-order chi connectivity index (χ1) is 14.3. The highest BCUT2D eigenvalue weighted by Crippen LogP contribution is 2.35. The number of piperazine rings is 1. The van der Waals surface area contributed by atoms with Crippen LogP contribution in [0.1, 0.15) is 29.8 Å². The van der Waals surface area contributed by atoms with Crippen LogP contribution in [0.25, 0.3) is 11.1 Å². The smallest absolute Gasteiger partial charge is 0.354 e. The SMILES string of the molecule is Cc1[nH]ncc1C(C)N1CCN(c2ncccc2-c2cccc(C(F)(F)F)c2)CC1.Cl. The molecule has 0 aliphatic carbocycles. The average molecular weight is 452 g/mol. The summed E-state index contributed by atoms with van der Waals surface area (Å²) in [6.07, 6.45) is -0.807. The summed E-state index contributed by atoms with van der Waals surface area (Å²) < 4.78 is 39.5. The molecule has 0 spiro atoms. The molecule has 3 heterocycles. The van der Waals surface area contributed by atoms with Crippen molar-refractivity contribution in [2.24, 2.45) is 0 Å². The van der Waals surface area contributed by atoms with Crippen molar-refractivity contribution in [1.29, 1.82) is 0 Å². The van der Waals surface area contributed by atoms with Crippen LogP contribution >= 0.6 is 12.4 Å². The molecule has 1 aromatic carbocycles. The maximum Gasteiger partial charge on any atom is 0.416 e. The van der Waals surface area contributed by atoms with Gasteiger partial charge in [0.05, 0.1) is 11.8 Å². The number of aryl methyl sites for hydroxylation is 1. The van der Waals surface area contributed by atoms with Crippen LogP contribution in [0.5, 0.6) is 0 Å². The minimum Gasteiger partial charge on any atom is -0.354 e. The number of alkyl halides is 3. The number of rotatable bonds is 4. The van der Waals surface area contributed by atoms with Gasteiger partial charge in [-0.2, -0.15) is 18.3 Å². The molecule has 166 valence electrons. The van der Waals surface area contributed by atoms with Gasteiger partial charge in [-0.3, -0.25) is 10.00 Å². The lowest BCUT2D eigenvalue weighted by Crippen LogP contribution is -2.47. The molecule has 1 N–H and O–H groups in total. The minimum absolute atomic E-state index is 0. The predicted molar refractivity (Wildman–Crippen MR) is 117 cm³/mol. The van der Waals surface area contributed by atoms with E-state index < -0.39 is 11.7 Å². The highest BCUT2D eigenvalue weighted by Gasteiger charge is 2.31. The van der Waals surface area contributed by atoms with Gasteiger partial charge in [-0.1, -0.05) is 12.1 Å². The van der Waals surface area contributed by atoms with E-state index >= 15 is 0 Å². The molecular formula is C22H25ClF3N5. The van der Waals surface area contributed by atoms with E-state index in [1.54, 1.807) is 18.3 Å². The van der Waals surface area contributed by atoms with Gasteiger partial charge in [0.2, 0.25) is 0 Å². The monoisotopic (exact) mass is 451 g/mol. The number of aromatic amines is 1. The Hall–Kier alpha value is -2.58. The normalized spacial score (nSPS) is 16.1. The number of pyridine rings is 1. The first kappa shape index (κ1) is 23.1. The van der Waals surface area contributed by atoms with Gasteiger partial charge >= 0.3 is 6.18 Å². The fourth-order valence-electron chi connectivity index (χ4n) is 4.04. The Morgan fingerprint density at radius 3 is 2.45 bits per heavy atom. The van der Waals surface area contributed by atoms with E-state index in [-0.39, 0.29) is 18.4 Å². The predicted octanol–water partition coefficient (Wildman–Crippen LogP) is 5.10. The zero-order valence-corrected chi connectivity index (χ0v) is 18.2. The standard InChI is InChI=1S/C22H24F3N5.ClH/c1-15-20(14-27-28-15)16(2)29-9-11-30(12-10-29)21-19(7-4-8-26-21)17-5-3-6-18(13-17)22(23,24)25;/h3-8,13-14,16H,9-12H2,1-2H3,(H,27,28);1H.